The van der Waals surface area contributed by atoms with E-state index >= 15 is 0 Å². The normalized spacial score (nSPS) is 25.6. The smallest absolute Gasteiger partial charge is 0.321 e. The summed E-state index contributed by atoms with van der Waals surface area (Å²) >= 11 is 1.46. The molecule has 0 radical (unpaired) electrons. The van der Waals surface area contributed by atoms with Gasteiger partial charge in [0, 0.05) is 10.9 Å². The molecule has 11 heteroatoms. The molecule has 1 heterocycles. The highest BCUT2D eigenvalue weighted by Crippen LogP contribution is 2.57. The van der Waals surface area contributed by atoms with Crippen molar-refractivity contribution in [3.8, 4) is 17.2 Å². The Labute approximate surface area is 244 Å². The Morgan fingerprint density at radius 2 is 1.71 bits per heavy atom. The van der Waals surface area contributed by atoms with Gasteiger partial charge in [0.15, 0.2) is 5.69 Å². The van der Waals surface area contributed by atoms with Crippen LogP contribution in [0.25, 0.3) is 22.0 Å². The number of thioether (sulfide) groups is 1. The second-order valence-corrected chi connectivity index (χ2v) is 14.6. The summed E-state index contributed by atoms with van der Waals surface area (Å²) in [7, 11) is -4.01. The molecule has 0 saturated heterocycles. The molecular formula is C30H33N5O4S2. The predicted molar refractivity (Wildman–Crippen MR) is 159 cm³/mol. The lowest BCUT2D eigenvalue weighted by Crippen LogP contribution is -2.54. The fourth-order valence-electron chi connectivity index (χ4n) is 7.57. The molecule has 214 valence electrons. The fraction of sp³-hybridized carbons (Fsp3) is 0.467. The maximum Gasteiger partial charge on any atom is 0.321 e. The number of fused-ring (bicyclic) bond motifs is 1. The molecule has 4 bridgehead atoms. The zero-order chi connectivity index (χ0) is 28.8. The molecule has 1 atom stereocenters. The van der Waals surface area contributed by atoms with Gasteiger partial charge >= 0.3 is 5.97 Å². The minimum atomic E-state index is -4.01. The topological polar surface area (TPSA) is 145 Å². The zero-order valence-corrected chi connectivity index (χ0v) is 24.5. The van der Waals surface area contributed by atoms with Gasteiger partial charge in [-0.15, -0.1) is 10.2 Å². The Hall–Kier alpha value is -3.20. The second-order valence-electron chi connectivity index (χ2n) is 11.9. The average Bonchev–Trinajstić information content (AvgIpc) is 2.94. The van der Waals surface area contributed by atoms with E-state index in [1.54, 1.807) is 12.1 Å². The van der Waals surface area contributed by atoms with Crippen molar-refractivity contribution in [3.63, 3.8) is 0 Å². The van der Waals surface area contributed by atoms with Crippen LogP contribution < -0.4 is 10.0 Å². The number of benzene rings is 2. The summed E-state index contributed by atoms with van der Waals surface area (Å²) in [5.41, 5.74) is 3.35. The lowest BCUT2D eigenvalue weighted by Gasteiger charge is -2.57. The summed E-state index contributed by atoms with van der Waals surface area (Å²) in [6, 6.07) is 13.2. The van der Waals surface area contributed by atoms with Gasteiger partial charge in [0.1, 0.15) is 12.1 Å². The first-order valence-electron chi connectivity index (χ1n) is 14.0. The van der Waals surface area contributed by atoms with Gasteiger partial charge in [-0.2, -0.15) is 21.7 Å². The Morgan fingerprint density at radius 1 is 1.07 bits per heavy atom. The number of carboxylic acids is 1. The van der Waals surface area contributed by atoms with E-state index < -0.39 is 22.0 Å². The standard InChI is InChI=1S/C30H33N5O4S2/c1-40-9-8-25(29(36)37)35-41(38,39)23-5-2-21(3-6-23)22-4-7-24-26(13-22)33-34-27(17-31)28(24)32-30-14-18-10-19(15-30)12-20(11-18)16-30/h2-7,13,18-20,25,35H,8-12,14-16H2,1H3,(H,32,33)(H,36,37)/t18?,19?,20?,25-,30?/m0/s1. The number of carboxylic acid groups (broad SMARTS) is 1. The Bertz CT molecular complexity index is 1600. The Balaban J connectivity index is 1.26. The number of sulfonamides is 1. The van der Waals surface area contributed by atoms with E-state index in [-0.39, 0.29) is 16.9 Å². The van der Waals surface area contributed by atoms with E-state index in [0.29, 0.717) is 17.0 Å². The number of hydrogen-bond acceptors (Lipinski definition) is 8. The highest BCUT2D eigenvalue weighted by atomic mass is 32.2. The van der Waals surface area contributed by atoms with Crippen molar-refractivity contribution in [1.29, 1.82) is 5.26 Å². The zero-order valence-electron chi connectivity index (χ0n) is 22.8. The van der Waals surface area contributed by atoms with E-state index in [2.05, 4.69) is 26.3 Å². The van der Waals surface area contributed by atoms with Crippen LogP contribution >= 0.6 is 11.8 Å². The SMILES string of the molecule is CSCC[C@H](NS(=O)(=O)c1ccc(-c2ccc3c(NC45CC6CC(CC(C6)C4)C5)c(C#N)nnc3c2)cc1)C(=O)O. The van der Waals surface area contributed by atoms with Crippen LogP contribution in [0.3, 0.4) is 0 Å². The molecule has 4 fully saturated rings. The van der Waals surface area contributed by atoms with Crippen LogP contribution in [-0.4, -0.2) is 53.3 Å². The molecule has 0 amide bonds. The second kappa shape index (κ2) is 10.9. The predicted octanol–water partition coefficient (Wildman–Crippen LogP) is 5.03. The van der Waals surface area contributed by atoms with Crippen LogP contribution in [0.4, 0.5) is 5.69 Å². The van der Waals surface area contributed by atoms with Crippen LogP contribution in [0.1, 0.15) is 50.6 Å². The van der Waals surface area contributed by atoms with E-state index in [4.69, 9.17) is 0 Å². The maximum absolute atomic E-state index is 12.9. The summed E-state index contributed by atoms with van der Waals surface area (Å²) < 4.78 is 28.0. The van der Waals surface area contributed by atoms with Crippen LogP contribution in [0, 0.1) is 29.1 Å². The maximum atomic E-state index is 12.9. The number of carbonyl (C=O) groups is 1. The number of nitrogens with one attached hydrogen (secondary N) is 2. The largest absolute Gasteiger partial charge is 0.480 e. The van der Waals surface area contributed by atoms with E-state index in [1.807, 2.05) is 24.5 Å². The van der Waals surface area contributed by atoms with Crippen LogP contribution in [0.15, 0.2) is 47.4 Å². The first-order valence-corrected chi connectivity index (χ1v) is 16.9. The molecule has 0 spiro atoms. The molecule has 4 aliphatic rings. The fourth-order valence-corrected chi connectivity index (χ4v) is 9.27. The number of rotatable bonds is 10. The van der Waals surface area contributed by atoms with Crippen molar-refractivity contribution in [3.05, 3.63) is 48.2 Å². The average molecular weight is 592 g/mol. The van der Waals surface area contributed by atoms with E-state index in [9.17, 15) is 23.6 Å². The molecule has 3 N–H and O–H groups in total. The van der Waals surface area contributed by atoms with Gasteiger partial charge in [-0.3, -0.25) is 4.79 Å². The van der Waals surface area contributed by atoms with Crippen molar-refractivity contribution >= 4 is 44.3 Å². The van der Waals surface area contributed by atoms with Gasteiger partial charge in [0.25, 0.3) is 0 Å². The third-order valence-corrected chi connectivity index (χ3v) is 11.1. The minimum Gasteiger partial charge on any atom is -0.480 e. The Kier molecular flexibility index (Phi) is 7.42. The third kappa shape index (κ3) is 5.53. The molecular weight excluding hydrogens is 558 g/mol. The lowest BCUT2D eigenvalue weighted by molar-refractivity contribution is -0.139. The van der Waals surface area contributed by atoms with Crippen LogP contribution in [0.5, 0.6) is 0 Å². The number of aromatic nitrogens is 2. The number of nitriles is 1. The van der Waals surface area contributed by atoms with Crippen molar-refractivity contribution in [2.24, 2.45) is 17.8 Å². The highest BCUT2D eigenvalue weighted by Gasteiger charge is 2.51. The molecule has 4 saturated carbocycles. The Morgan fingerprint density at radius 3 is 2.29 bits per heavy atom. The summed E-state index contributed by atoms with van der Waals surface area (Å²) in [6.45, 7) is 0. The van der Waals surface area contributed by atoms with Gasteiger partial charge in [-0.25, -0.2) is 8.42 Å². The molecule has 0 aliphatic heterocycles. The first-order chi connectivity index (χ1) is 19.7. The number of hydrogen-bond donors (Lipinski definition) is 3. The van der Waals surface area contributed by atoms with Crippen molar-refractivity contribution < 1.29 is 18.3 Å². The minimum absolute atomic E-state index is 0.00189. The molecule has 0 unspecified atom stereocenters. The van der Waals surface area contributed by atoms with Crippen molar-refractivity contribution in [2.75, 3.05) is 17.3 Å². The van der Waals surface area contributed by atoms with E-state index in [0.717, 1.165) is 59.2 Å². The molecule has 41 heavy (non-hydrogen) atoms. The van der Waals surface area contributed by atoms with E-state index in [1.165, 1.54) is 43.2 Å². The summed E-state index contributed by atoms with van der Waals surface area (Å²) in [4.78, 5) is 11.5. The number of aliphatic carboxylic acids is 1. The molecule has 4 aliphatic carbocycles. The van der Waals surface area contributed by atoms with Gasteiger partial charge in [-0.1, -0.05) is 18.2 Å². The first kappa shape index (κ1) is 27.9. The number of anilines is 1. The van der Waals surface area contributed by atoms with Gasteiger partial charge in [0.2, 0.25) is 10.0 Å². The summed E-state index contributed by atoms with van der Waals surface area (Å²) in [5, 5.41) is 32.6. The summed E-state index contributed by atoms with van der Waals surface area (Å²) in [6.07, 6.45) is 9.45. The highest BCUT2D eigenvalue weighted by molar-refractivity contribution is 7.98. The van der Waals surface area contributed by atoms with Crippen molar-refractivity contribution in [1.82, 2.24) is 14.9 Å². The van der Waals surface area contributed by atoms with Gasteiger partial charge in [-0.05, 0) is 110 Å². The molecule has 7 rings (SSSR count). The van der Waals surface area contributed by atoms with Gasteiger partial charge < -0.3 is 10.4 Å². The number of nitrogens with zero attached hydrogens (tertiary/aromatic N) is 3. The lowest BCUT2D eigenvalue weighted by atomic mass is 9.53. The third-order valence-electron chi connectivity index (χ3n) is 9.00. The van der Waals surface area contributed by atoms with Crippen LogP contribution in [-0.2, 0) is 14.8 Å². The molecule has 3 aromatic rings. The van der Waals surface area contributed by atoms with Crippen LogP contribution in [0.2, 0.25) is 0 Å². The quantitative estimate of drug-likeness (QED) is 0.295. The molecule has 2 aromatic carbocycles. The molecule has 1 aromatic heterocycles. The summed E-state index contributed by atoms with van der Waals surface area (Å²) in [5.74, 6) is 1.62. The monoisotopic (exact) mass is 591 g/mol. The molecule has 9 nitrogen and oxygen atoms in total. The van der Waals surface area contributed by atoms with Gasteiger partial charge in [0.05, 0.1) is 16.1 Å². The van der Waals surface area contributed by atoms with Crippen molar-refractivity contribution in [2.45, 2.75) is 61.4 Å².